The van der Waals surface area contributed by atoms with Gasteiger partial charge < -0.3 is 21.6 Å². The average molecular weight is 425 g/mol. The van der Waals surface area contributed by atoms with Crippen LogP contribution >= 0.6 is 0 Å². The predicted octanol–water partition coefficient (Wildman–Crippen LogP) is 3.56. The summed E-state index contributed by atoms with van der Waals surface area (Å²) in [6.45, 7) is 0. The molecule has 10 heteroatoms. The third kappa shape index (κ3) is 4.19. The van der Waals surface area contributed by atoms with E-state index in [1.807, 2.05) is 60.7 Å². The van der Waals surface area contributed by atoms with Crippen molar-refractivity contribution >= 4 is 17.5 Å². The summed E-state index contributed by atoms with van der Waals surface area (Å²) in [4.78, 5) is 14.0. The van der Waals surface area contributed by atoms with Crippen molar-refractivity contribution in [3.05, 3.63) is 79.0 Å². The fraction of sp³-hybridized carbons (Fsp3) is 0. The SMILES string of the molecule is Nc1nc(Nc2ccc(Oc3ccnc(-c4nn(N)[nH]4)c3)cc2)cc(-c2ccccc2)n1. The number of pyridine rings is 1. The molecule has 0 atom stereocenters. The van der Waals surface area contributed by atoms with E-state index in [1.54, 1.807) is 18.3 Å². The number of hydrogen-bond donors (Lipinski definition) is 4. The van der Waals surface area contributed by atoms with Gasteiger partial charge in [-0.15, -0.1) is 10.0 Å². The first-order chi connectivity index (χ1) is 15.6. The topological polar surface area (TPSA) is 146 Å². The molecule has 10 nitrogen and oxygen atoms in total. The van der Waals surface area contributed by atoms with Crippen LogP contribution in [0.4, 0.5) is 17.5 Å². The number of nitrogens with one attached hydrogen (secondary N) is 2. The number of nitrogens with zero attached hydrogens (tertiary/aromatic N) is 5. The number of aromatic nitrogens is 6. The highest BCUT2D eigenvalue weighted by atomic mass is 16.5. The van der Waals surface area contributed by atoms with Crippen LogP contribution in [0.5, 0.6) is 11.5 Å². The van der Waals surface area contributed by atoms with E-state index < -0.39 is 0 Å². The summed E-state index contributed by atoms with van der Waals surface area (Å²) in [7, 11) is 0. The van der Waals surface area contributed by atoms with Crippen molar-refractivity contribution in [1.29, 1.82) is 0 Å². The van der Waals surface area contributed by atoms with Crippen molar-refractivity contribution in [2.75, 3.05) is 16.9 Å². The Morgan fingerprint density at radius 2 is 1.66 bits per heavy atom. The van der Waals surface area contributed by atoms with Gasteiger partial charge in [0.25, 0.3) is 0 Å². The van der Waals surface area contributed by atoms with Crippen LogP contribution in [0.2, 0.25) is 0 Å². The van der Waals surface area contributed by atoms with Crippen molar-refractivity contribution in [2.24, 2.45) is 0 Å². The number of nitrogens with two attached hydrogens (primary N) is 2. The number of hydrogen-bond acceptors (Lipinski definition) is 8. The second kappa shape index (κ2) is 8.11. The standard InChI is InChI=1S/C22H19N9O/c23-22-27-18(14-4-2-1-3-5-14)13-20(28-22)26-15-6-8-16(9-7-15)32-17-10-11-25-19(12-17)21-29-31(24)30-21/h1-13H,24H2,(H,29,30)(H3,23,26,27,28). The van der Waals surface area contributed by atoms with Gasteiger partial charge in [0, 0.05) is 29.6 Å². The van der Waals surface area contributed by atoms with Crippen LogP contribution in [0, 0.1) is 0 Å². The molecule has 0 unspecified atom stereocenters. The number of H-pyrrole nitrogens is 1. The van der Waals surface area contributed by atoms with Gasteiger partial charge in [0.05, 0.1) is 5.69 Å². The molecular formula is C22H19N9O. The highest BCUT2D eigenvalue weighted by Crippen LogP contribution is 2.27. The lowest BCUT2D eigenvalue weighted by atomic mass is 10.1. The highest BCUT2D eigenvalue weighted by Gasteiger charge is 2.09. The number of anilines is 3. The van der Waals surface area contributed by atoms with Gasteiger partial charge in [0.1, 0.15) is 23.0 Å². The van der Waals surface area contributed by atoms with Crippen LogP contribution in [-0.4, -0.2) is 30.1 Å². The van der Waals surface area contributed by atoms with E-state index in [1.165, 1.54) is 0 Å². The minimum absolute atomic E-state index is 0.200. The zero-order valence-corrected chi connectivity index (χ0v) is 16.8. The Hall–Kier alpha value is -4.86. The van der Waals surface area contributed by atoms with Crippen molar-refractivity contribution in [1.82, 2.24) is 30.1 Å². The maximum atomic E-state index is 5.92. The smallest absolute Gasteiger partial charge is 0.222 e. The molecule has 158 valence electrons. The monoisotopic (exact) mass is 425 g/mol. The summed E-state index contributed by atoms with van der Waals surface area (Å²) >= 11 is 0. The average Bonchev–Trinajstić information content (AvgIpc) is 2.79. The Morgan fingerprint density at radius 1 is 0.875 bits per heavy atom. The van der Waals surface area contributed by atoms with Crippen LogP contribution in [0.25, 0.3) is 22.8 Å². The molecule has 6 N–H and O–H groups in total. The third-order valence-corrected chi connectivity index (χ3v) is 4.58. The molecular weight excluding hydrogens is 406 g/mol. The van der Waals surface area contributed by atoms with E-state index in [-0.39, 0.29) is 5.95 Å². The molecule has 0 saturated heterocycles. The molecule has 0 bridgehead atoms. The number of nitrogen functional groups attached to an aromatic ring is 2. The Kier molecular flexibility index (Phi) is 4.85. The molecule has 5 rings (SSSR count). The summed E-state index contributed by atoms with van der Waals surface area (Å²) in [5, 5.41) is 10.1. The first kappa shape index (κ1) is 19.1. The molecule has 0 radical (unpaired) electrons. The molecule has 3 aromatic heterocycles. The van der Waals surface area contributed by atoms with E-state index in [0.717, 1.165) is 21.9 Å². The number of aromatic amines is 1. The molecule has 0 aliphatic carbocycles. The molecule has 0 fully saturated rings. The zero-order chi connectivity index (χ0) is 21.9. The molecule has 0 saturated carbocycles. The highest BCUT2D eigenvalue weighted by molar-refractivity contribution is 5.67. The molecule has 0 aliphatic heterocycles. The Morgan fingerprint density at radius 3 is 2.41 bits per heavy atom. The predicted molar refractivity (Wildman–Crippen MR) is 122 cm³/mol. The van der Waals surface area contributed by atoms with Crippen molar-refractivity contribution in [3.63, 3.8) is 0 Å². The van der Waals surface area contributed by atoms with Gasteiger partial charge in [-0.05, 0) is 30.3 Å². The lowest BCUT2D eigenvalue weighted by Gasteiger charge is -2.11. The molecule has 0 spiro atoms. The van der Waals surface area contributed by atoms with E-state index >= 15 is 0 Å². The molecule has 32 heavy (non-hydrogen) atoms. The molecule has 0 amide bonds. The van der Waals surface area contributed by atoms with Gasteiger partial charge in [-0.2, -0.15) is 4.98 Å². The lowest BCUT2D eigenvalue weighted by Crippen LogP contribution is -2.24. The minimum Gasteiger partial charge on any atom is -0.457 e. The Bertz CT molecular complexity index is 1330. The van der Waals surface area contributed by atoms with Gasteiger partial charge >= 0.3 is 0 Å². The normalized spacial score (nSPS) is 10.8. The second-order valence-electron chi connectivity index (χ2n) is 6.90. The fourth-order valence-electron chi connectivity index (χ4n) is 3.11. The zero-order valence-electron chi connectivity index (χ0n) is 16.8. The fourth-order valence-corrected chi connectivity index (χ4v) is 3.11. The molecule has 5 aromatic rings. The van der Waals surface area contributed by atoms with Gasteiger partial charge in [-0.3, -0.25) is 4.98 Å². The quantitative estimate of drug-likeness (QED) is 0.302. The van der Waals surface area contributed by atoms with E-state index in [9.17, 15) is 0 Å². The Balaban J connectivity index is 1.30. The van der Waals surface area contributed by atoms with E-state index in [4.69, 9.17) is 16.3 Å². The summed E-state index contributed by atoms with van der Waals surface area (Å²) in [5.41, 5.74) is 9.09. The van der Waals surface area contributed by atoms with E-state index in [0.29, 0.717) is 28.8 Å². The van der Waals surface area contributed by atoms with E-state index in [2.05, 4.69) is 30.5 Å². The van der Waals surface area contributed by atoms with Crippen molar-refractivity contribution in [2.45, 2.75) is 0 Å². The van der Waals surface area contributed by atoms with Crippen LogP contribution in [0.3, 0.4) is 0 Å². The number of ether oxygens (including phenoxy) is 1. The summed E-state index contributed by atoms with van der Waals surface area (Å²) in [5.74, 6) is 8.12. The minimum atomic E-state index is 0.200. The lowest BCUT2D eigenvalue weighted by molar-refractivity contribution is 0.482. The van der Waals surface area contributed by atoms with Gasteiger partial charge in [0.15, 0.2) is 5.82 Å². The largest absolute Gasteiger partial charge is 0.457 e. The van der Waals surface area contributed by atoms with Crippen LogP contribution in [0.1, 0.15) is 0 Å². The van der Waals surface area contributed by atoms with Gasteiger partial charge in [0.2, 0.25) is 5.95 Å². The van der Waals surface area contributed by atoms with Crippen LogP contribution < -0.4 is 21.6 Å². The van der Waals surface area contributed by atoms with Crippen molar-refractivity contribution < 1.29 is 4.74 Å². The van der Waals surface area contributed by atoms with Crippen LogP contribution in [0.15, 0.2) is 79.0 Å². The first-order valence-electron chi connectivity index (χ1n) is 9.74. The van der Waals surface area contributed by atoms with Gasteiger partial charge in [-0.1, -0.05) is 30.3 Å². The molecule has 3 heterocycles. The second-order valence-corrected chi connectivity index (χ2v) is 6.90. The maximum Gasteiger partial charge on any atom is 0.222 e. The molecule has 0 aliphatic rings. The molecule has 2 aromatic carbocycles. The third-order valence-electron chi connectivity index (χ3n) is 4.58. The number of benzene rings is 2. The number of rotatable bonds is 6. The first-order valence-corrected chi connectivity index (χ1v) is 9.74. The Labute approximate surface area is 182 Å². The summed E-state index contributed by atoms with van der Waals surface area (Å²) in [6, 6.07) is 22.7. The summed E-state index contributed by atoms with van der Waals surface area (Å²) in [6.07, 6.45) is 1.65. The summed E-state index contributed by atoms with van der Waals surface area (Å²) < 4.78 is 5.92. The van der Waals surface area contributed by atoms with Crippen LogP contribution in [-0.2, 0) is 0 Å². The van der Waals surface area contributed by atoms with Gasteiger partial charge in [-0.25, -0.2) is 10.1 Å². The maximum absolute atomic E-state index is 5.92. The van der Waals surface area contributed by atoms with Crippen molar-refractivity contribution in [3.8, 4) is 34.3 Å².